The molecular formula is C17H22BrNO4. The van der Waals surface area contributed by atoms with Crippen LogP contribution in [0.1, 0.15) is 30.4 Å². The van der Waals surface area contributed by atoms with Gasteiger partial charge >= 0.3 is 5.97 Å². The Balaban J connectivity index is 1.92. The summed E-state index contributed by atoms with van der Waals surface area (Å²) in [5.74, 6) is -1.13. The zero-order chi connectivity index (χ0) is 16.8. The summed E-state index contributed by atoms with van der Waals surface area (Å²) in [4.78, 5) is 24.8. The van der Waals surface area contributed by atoms with Crippen LogP contribution in [0.5, 0.6) is 0 Å². The topological polar surface area (TPSA) is 66.8 Å². The predicted octanol–water partition coefficient (Wildman–Crippen LogP) is 2.78. The Morgan fingerprint density at radius 2 is 2.22 bits per heavy atom. The summed E-state index contributed by atoms with van der Waals surface area (Å²) < 4.78 is 6.56. The molecule has 0 bridgehead atoms. The summed E-state index contributed by atoms with van der Waals surface area (Å²) in [5.41, 5.74) is 2.20. The van der Waals surface area contributed by atoms with E-state index in [4.69, 9.17) is 9.84 Å². The van der Waals surface area contributed by atoms with Gasteiger partial charge in [-0.15, -0.1) is 0 Å². The van der Waals surface area contributed by atoms with Gasteiger partial charge in [-0.2, -0.15) is 0 Å². The molecule has 1 aromatic carbocycles. The van der Waals surface area contributed by atoms with Gasteiger partial charge in [0.05, 0.1) is 6.10 Å². The van der Waals surface area contributed by atoms with E-state index < -0.39 is 5.97 Å². The van der Waals surface area contributed by atoms with Gasteiger partial charge in [0.15, 0.2) is 0 Å². The van der Waals surface area contributed by atoms with Crippen molar-refractivity contribution in [2.24, 2.45) is 0 Å². The maximum absolute atomic E-state index is 12.4. The SMILES string of the molecule is Cc1cc(CCC(=O)N(CC(=O)O)CC2CCCO2)ccc1Br. The minimum atomic E-state index is -0.990. The highest BCUT2D eigenvalue weighted by Crippen LogP contribution is 2.19. The molecule has 1 aliphatic rings. The number of rotatable bonds is 7. The fourth-order valence-electron chi connectivity index (χ4n) is 2.72. The van der Waals surface area contributed by atoms with Crippen LogP contribution in [0.2, 0.25) is 0 Å². The van der Waals surface area contributed by atoms with Crippen LogP contribution in [0, 0.1) is 6.92 Å². The summed E-state index contributed by atoms with van der Waals surface area (Å²) in [6, 6.07) is 5.99. The number of halogens is 1. The van der Waals surface area contributed by atoms with E-state index in [1.165, 1.54) is 4.90 Å². The minimum absolute atomic E-state index is 0.0341. The molecule has 0 saturated carbocycles. The molecule has 1 heterocycles. The van der Waals surface area contributed by atoms with Crippen molar-refractivity contribution < 1.29 is 19.4 Å². The number of hydrogen-bond acceptors (Lipinski definition) is 3. The maximum Gasteiger partial charge on any atom is 0.323 e. The molecule has 1 fully saturated rings. The van der Waals surface area contributed by atoms with Crippen molar-refractivity contribution in [2.45, 2.75) is 38.7 Å². The molecular weight excluding hydrogens is 362 g/mol. The summed E-state index contributed by atoms with van der Waals surface area (Å²) in [7, 11) is 0. The van der Waals surface area contributed by atoms with Gasteiger partial charge in [-0.3, -0.25) is 9.59 Å². The van der Waals surface area contributed by atoms with E-state index in [0.29, 0.717) is 26.0 Å². The smallest absolute Gasteiger partial charge is 0.323 e. The molecule has 5 nitrogen and oxygen atoms in total. The molecule has 1 N–H and O–H groups in total. The van der Waals surface area contributed by atoms with Gasteiger partial charge in [0.2, 0.25) is 5.91 Å². The van der Waals surface area contributed by atoms with Gasteiger partial charge in [0.1, 0.15) is 6.54 Å². The highest BCUT2D eigenvalue weighted by Gasteiger charge is 2.24. The van der Waals surface area contributed by atoms with Gasteiger partial charge in [-0.25, -0.2) is 0 Å². The molecule has 1 amide bonds. The van der Waals surface area contributed by atoms with Gasteiger partial charge in [0, 0.05) is 24.0 Å². The number of benzene rings is 1. The van der Waals surface area contributed by atoms with Gasteiger partial charge < -0.3 is 14.7 Å². The third-order valence-electron chi connectivity index (χ3n) is 3.98. The zero-order valence-electron chi connectivity index (χ0n) is 13.3. The summed E-state index contributed by atoms with van der Waals surface area (Å²) in [5, 5.41) is 9.02. The van der Waals surface area contributed by atoms with Crippen molar-refractivity contribution in [3.8, 4) is 0 Å². The number of amides is 1. The maximum atomic E-state index is 12.4. The molecule has 126 valence electrons. The van der Waals surface area contributed by atoms with Crippen molar-refractivity contribution in [3.63, 3.8) is 0 Å². The molecule has 1 aliphatic heterocycles. The van der Waals surface area contributed by atoms with Crippen molar-refractivity contribution in [2.75, 3.05) is 19.7 Å². The summed E-state index contributed by atoms with van der Waals surface area (Å²) >= 11 is 3.45. The van der Waals surface area contributed by atoms with Gasteiger partial charge in [-0.05, 0) is 43.4 Å². The van der Waals surface area contributed by atoms with Crippen LogP contribution >= 0.6 is 15.9 Å². The minimum Gasteiger partial charge on any atom is -0.480 e. The molecule has 0 aromatic heterocycles. The zero-order valence-corrected chi connectivity index (χ0v) is 14.8. The van der Waals surface area contributed by atoms with Crippen LogP contribution in [-0.4, -0.2) is 47.7 Å². The molecule has 1 aromatic rings. The lowest BCUT2D eigenvalue weighted by molar-refractivity contribution is -0.145. The lowest BCUT2D eigenvalue weighted by Crippen LogP contribution is -2.40. The lowest BCUT2D eigenvalue weighted by Gasteiger charge is -2.24. The highest BCUT2D eigenvalue weighted by atomic mass is 79.9. The van der Waals surface area contributed by atoms with E-state index in [0.717, 1.165) is 28.4 Å². The lowest BCUT2D eigenvalue weighted by atomic mass is 10.1. The third kappa shape index (κ3) is 5.62. The number of aryl methyl sites for hydroxylation is 2. The number of carboxylic acid groups (broad SMARTS) is 1. The van der Waals surface area contributed by atoms with Crippen molar-refractivity contribution in [3.05, 3.63) is 33.8 Å². The Morgan fingerprint density at radius 1 is 1.43 bits per heavy atom. The highest BCUT2D eigenvalue weighted by molar-refractivity contribution is 9.10. The van der Waals surface area contributed by atoms with Gasteiger partial charge in [0.25, 0.3) is 0 Å². The van der Waals surface area contributed by atoms with E-state index in [-0.39, 0.29) is 18.6 Å². The number of carbonyl (C=O) groups excluding carboxylic acids is 1. The van der Waals surface area contributed by atoms with Crippen molar-refractivity contribution >= 4 is 27.8 Å². The Morgan fingerprint density at radius 3 is 2.83 bits per heavy atom. The average Bonchev–Trinajstić information content (AvgIpc) is 3.00. The van der Waals surface area contributed by atoms with E-state index in [9.17, 15) is 9.59 Å². The molecule has 1 saturated heterocycles. The first kappa shape index (κ1) is 17.9. The second-order valence-corrected chi connectivity index (χ2v) is 6.74. The number of hydrogen-bond donors (Lipinski definition) is 1. The van der Waals surface area contributed by atoms with E-state index in [1.807, 2.05) is 25.1 Å². The van der Waals surface area contributed by atoms with Gasteiger partial charge in [-0.1, -0.05) is 28.1 Å². The number of carbonyl (C=O) groups is 2. The molecule has 2 rings (SSSR count). The second kappa shape index (κ2) is 8.45. The number of nitrogens with zero attached hydrogens (tertiary/aromatic N) is 1. The molecule has 0 radical (unpaired) electrons. The van der Waals surface area contributed by atoms with Crippen LogP contribution in [0.25, 0.3) is 0 Å². The molecule has 23 heavy (non-hydrogen) atoms. The normalized spacial score (nSPS) is 17.2. The van der Waals surface area contributed by atoms with Crippen molar-refractivity contribution in [1.29, 1.82) is 0 Å². The van der Waals surface area contributed by atoms with Crippen LogP contribution in [0.15, 0.2) is 22.7 Å². The Kier molecular flexibility index (Phi) is 6.59. The van der Waals surface area contributed by atoms with E-state index in [1.54, 1.807) is 0 Å². The first-order valence-corrected chi connectivity index (χ1v) is 8.61. The fourth-order valence-corrected chi connectivity index (χ4v) is 2.97. The summed E-state index contributed by atoms with van der Waals surface area (Å²) in [6.07, 6.45) is 2.73. The summed E-state index contributed by atoms with van der Waals surface area (Å²) in [6.45, 7) is 2.80. The third-order valence-corrected chi connectivity index (χ3v) is 4.87. The number of aliphatic carboxylic acids is 1. The molecule has 1 atom stereocenters. The standard InChI is InChI=1S/C17H22BrNO4/c1-12-9-13(4-6-15(12)18)5-7-16(20)19(11-17(21)22)10-14-3-2-8-23-14/h4,6,9,14H,2-3,5,7-8,10-11H2,1H3,(H,21,22). The van der Waals surface area contributed by atoms with Crippen LogP contribution < -0.4 is 0 Å². The number of carboxylic acids is 1. The Labute approximate surface area is 144 Å². The fraction of sp³-hybridized carbons (Fsp3) is 0.529. The van der Waals surface area contributed by atoms with E-state index in [2.05, 4.69) is 15.9 Å². The van der Waals surface area contributed by atoms with Crippen LogP contribution in [0.3, 0.4) is 0 Å². The second-order valence-electron chi connectivity index (χ2n) is 5.89. The van der Waals surface area contributed by atoms with E-state index >= 15 is 0 Å². The number of ether oxygens (including phenoxy) is 1. The predicted molar refractivity (Wildman–Crippen MR) is 90.4 cm³/mol. The monoisotopic (exact) mass is 383 g/mol. The van der Waals surface area contributed by atoms with Crippen molar-refractivity contribution in [1.82, 2.24) is 4.90 Å². The Hall–Kier alpha value is -1.40. The quantitative estimate of drug-likeness (QED) is 0.785. The largest absolute Gasteiger partial charge is 0.480 e. The first-order valence-electron chi connectivity index (χ1n) is 7.82. The first-order chi connectivity index (χ1) is 11.0. The average molecular weight is 384 g/mol. The molecule has 6 heteroatoms. The molecule has 0 aliphatic carbocycles. The van der Waals surface area contributed by atoms with Crippen LogP contribution in [-0.2, 0) is 20.7 Å². The molecule has 0 spiro atoms. The Bertz CT molecular complexity index is 570. The van der Waals surface area contributed by atoms with Crippen LogP contribution in [0.4, 0.5) is 0 Å². The molecule has 1 unspecified atom stereocenters.